The Morgan fingerprint density at radius 3 is 2.61 bits per heavy atom. The quantitative estimate of drug-likeness (QED) is 0.708. The molecule has 0 saturated carbocycles. The van der Waals surface area contributed by atoms with Gasteiger partial charge in [-0.3, -0.25) is 0 Å². The molecular weight excluding hydrogens is 284 g/mol. The van der Waals surface area contributed by atoms with Crippen LogP contribution in [0.1, 0.15) is 59.8 Å². The van der Waals surface area contributed by atoms with Crippen LogP contribution < -0.4 is 9.80 Å². The van der Waals surface area contributed by atoms with Crippen LogP contribution in [0.5, 0.6) is 0 Å². The van der Waals surface area contributed by atoms with Gasteiger partial charge < -0.3 is 14.5 Å². The van der Waals surface area contributed by atoms with Crippen molar-refractivity contribution >= 4 is 0 Å². The van der Waals surface area contributed by atoms with E-state index in [1.807, 2.05) is 0 Å². The third kappa shape index (κ3) is 5.21. The van der Waals surface area contributed by atoms with Crippen LogP contribution in [0.2, 0.25) is 0 Å². The summed E-state index contributed by atoms with van der Waals surface area (Å²) in [6, 6.07) is 0. The largest absolute Gasteiger partial charge is 0.375 e. The molecule has 3 nitrogen and oxygen atoms in total. The maximum Gasteiger partial charge on any atom is 0.139 e. The minimum atomic E-state index is 0.110. The van der Waals surface area contributed by atoms with Gasteiger partial charge in [-0.1, -0.05) is 6.92 Å². The molecule has 2 saturated heterocycles. The van der Waals surface area contributed by atoms with E-state index < -0.39 is 0 Å². The summed E-state index contributed by atoms with van der Waals surface area (Å²) in [5.41, 5.74) is 0.626. The Morgan fingerprint density at radius 2 is 1.91 bits per heavy atom. The fourth-order valence-corrected chi connectivity index (χ4v) is 4.48. The molecule has 0 aromatic heterocycles. The minimum absolute atomic E-state index is 0.110. The van der Waals surface area contributed by atoms with Crippen molar-refractivity contribution < 1.29 is 14.5 Å². The topological polar surface area (TPSA) is 18.1 Å². The first-order valence-corrected chi connectivity index (χ1v) is 9.81. The van der Waals surface area contributed by atoms with Crippen molar-refractivity contribution in [3.05, 3.63) is 0 Å². The monoisotopic (exact) mass is 322 g/mol. The van der Waals surface area contributed by atoms with Crippen LogP contribution >= 0.6 is 0 Å². The molecule has 2 fully saturated rings. The summed E-state index contributed by atoms with van der Waals surface area (Å²) in [4.78, 5) is 3.30. The van der Waals surface area contributed by atoms with E-state index in [1.165, 1.54) is 51.9 Å². The number of hydrogen-bond acceptors (Lipinski definition) is 1. The molecule has 2 heterocycles. The lowest BCUT2D eigenvalue weighted by Gasteiger charge is -2.48. The van der Waals surface area contributed by atoms with Gasteiger partial charge in [-0.15, -0.1) is 0 Å². The van der Waals surface area contributed by atoms with E-state index in [-0.39, 0.29) is 5.60 Å². The highest BCUT2D eigenvalue weighted by molar-refractivity contribution is 4.99. The summed E-state index contributed by atoms with van der Waals surface area (Å²) in [5.74, 6) is 6.89. The van der Waals surface area contributed by atoms with E-state index in [9.17, 15) is 0 Å². The average molecular weight is 323 g/mol. The number of nitrogens with one attached hydrogen (secondary N) is 2. The Balaban J connectivity index is 1.87. The van der Waals surface area contributed by atoms with Gasteiger partial charge in [0.25, 0.3) is 0 Å². The van der Waals surface area contributed by atoms with E-state index in [1.54, 1.807) is 9.80 Å². The Morgan fingerprint density at radius 1 is 1.13 bits per heavy atom. The molecule has 0 radical (unpaired) electrons. The Kier molecular flexibility index (Phi) is 6.95. The average Bonchev–Trinajstić information content (AvgIpc) is 2.55. The second kappa shape index (κ2) is 8.51. The van der Waals surface area contributed by atoms with Gasteiger partial charge >= 0.3 is 0 Å². The third-order valence-corrected chi connectivity index (χ3v) is 6.24. The number of quaternary nitrogens is 2. The van der Waals surface area contributed by atoms with E-state index in [0.29, 0.717) is 5.41 Å². The number of likely N-dealkylation sites (tertiary alicyclic amines) is 1. The van der Waals surface area contributed by atoms with Crippen LogP contribution in [0.3, 0.4) is 0 Å². The molecular formula is C20H38N2O+2. The Hall–Kier alpha value is -0.560. The van der Waals surface area contributed by atoms with Gasteiger partial charge in [0, 0.05) is 12.0 Å². The normalized spacial score (nSPS) is 34.4. The van der Waals surface area contributed by atoms with Gasteiger partial charge in [-0.2, -0.15) is 0 Å². The smallest absolute Gasteiger partial charge is 0.139 e. The maximum absolute atomic E-state index is 6.09. The molecule has 0 amide bonds. The molecule has 23 heavy (non-hydrogen) atoms. The Bertz CT molecular complexity index is 419. The summed E-state index contributed by atoms with van der Waals surface area (Å²) < 4.78 is 6.09. The van der Waals surface area contributed by atoms with Gasteiger partial charge in [0.1, 0.15) is 13.1 Å². The highest BCUT2D eigenvalue weighted by atomic mass is 16.5. The molecule has 2 aliphatic rings. The zero-order valence-corrected chi connectivity index (χ0v) is 15.9. The standard InChI is InChI=1S/C20H36N2O/c1-5-19(4)17-20(12-16-23-19)11-10-15-22(18-20)14-9-8-13-21(6-2)7-3/h5-7,10-18H2,1-4H3/p+2/t19-,20-/m1/s1. The van der Waals surface area contributed by atoms with Gasteiger partial charge in [-0.25, -0.2) is 0 Å². The fraction of sp³-hybridized carbons (Fsp3) is 0.900. The molecule has 1 unspecified atom stereocenters. The van der Waals surface area contributed by atoms with E-state index in [0.717, 1.165) is 26.1 Å². The van der Waals surface area contributed by atoms with Crippen molar-refractivity contribution in [3.63, 3.8) is 0 Å². The van der Waals surface area contributed by atoms with Crippen molar-refractivity contribution in [2.24, 2.45) is 5.41 Å². The fourth-order valence-electron chi connectivity index (χ4n) is 4.48. The first-order chi connectivity index (χ1) is 11.0. The van der Waals surface area contributed by atoms with Crippen LogP contribution in [-0.2, 0) is 4.74 Å². The maximum atomic E-state index is 6.09. The number of hydrogen-bond donors (Lipinski definition) is 2. The van der Waals surface area contributed by atoms with Crippen LogP contribution in [0.15, 0.2) is 0 Å². The summed E-state index contributed by atoms with van der Waals surface area (Å²) in [5, 5.41) is 0. The summed E-state index contributed by atoms with van der Waals surface area (Å²) in [7, 11) is 0. The third-order valence-electron chi connectivity index (χ3n) is 6.24. The molecule has 0 aromatic rings. The highest BCUT2D eigenvalue weighted by Gasteiger charge is 2.46. The van der Waals surface area contributed by atoms with E-state index >= 15 is 0 Å². The zero-order chi connectivity index (χ0) is 16.8. The first-order valence-electron chi connectivity index (χ1n) is 9.81. The molecule has 0 aliphatic carbocycles. The zero-order valence-electron chi connectivity index (χ0n) is 15.9. The van der Waals surface area contributed by atoms with Gasteiger partial charge in [0.15, 0.2) is 0 Å². The van der Waals surface area contributed by atoms with Crippen molar-refractivity contribution in [3.8, 4) is 11.8 Å². The van der Waals surface area contributed by atoms with Gasteiger partial charge in [0.05, 0.1) is 31.8 Å². The van der Waals surface area contributed by atoms with Crippen LogP contribution in [0.25, 0.3) is 0 Å². The highest BCUT2D eigenvalue weighted by Crippen LogP contribution is 2.43. The van der Waals surface area contributed by atoms with Crippen LogP contribution in [0.4, 0.5) is 0 Å². The summed E-state index contributed by atoms with van der Waals surface area (Å²) in [6.45, 7) is 17.0. The summed E-state index contributed by atoms with van der Waals surface area (Å²) in [6.07, 6.45) is 6.39. The predicted molar refractivity (Wildman–Crippen MR) is 95.8 cm³/mol. The molecule has 0 aromatic carbocycles. The molecule has 3 atom stereocenters. The minimum Gasteiger partial charge on any atom is -0.375 e. The molecule has 3 heteroatoms. The van der Waals surface area contributed by atoms with Crippen molar-refractivity contribution in [2.75, 3.05) is 45.9 Å². The number of ether oxygens (including phenoxy) is 1. The lowest BCUT2D eigenvalue weighted by atomic mass is 9.68. The van der Waals surface area contributed by atoms with Crippen molar-refractivity contribution in [1.82, 2.24) is 0 Å². The van der Waals surface area contributed by atoms with E-state index in [2.05, 4.69) is 39.5 Å². The molecule has 1 spiro atoms. The first kappa shape index (κ1) is 18.8. The van der Waals surface area contributed by atoms with Crippen LogP contribution in [-0.4, -0.2) is 51.5 Å². The summed E-state index contributed by atoms with van der Waals surface area (Å²) >= 11 is 0. The lowest BCUT2D eigenvalue weighted by Crippen LogP contribution is -3.14. The predicted octanol–water partition coefficient (Wildman–Crippen LogP) is 0.559. The van der Waals surface area contributed by atoms with Gasteiger partial charge in [0.2, 0.25) is 0 Å². The van der Waals surface area contributed by atoms with Crippen molar-refractivity contribution in [2.45, 2.75) is 65.4 Å². The van der Waals surface area contributed by atoms with Gasteiger partial charge in [-0.05, 0) is 64.7 Å². The number of rotatable bonds is 5. The molecule has 2 aliphatic heterocycles. The molecule has 2 rings (SSSR count). The SMILES string of the molecule is CC[NH+](CC)CC#CC[NH+]1CCC[C@]2(CCO[C@](C)(CC)C2)C1. The lowest BCUT2D eigenvalue weighted by molar-refractivity contribution is -0.906. The Labute approximate surface area is 143 Å². The van der Waals surface area contributed by atoms with Crippen molar-refractivity contribution in [1.29, 1.82) is 0 Å². The van der Waals surface area contributed by atoms with E-state index in [4.69, 9.17) is 4.74 Å². The second-order valence-corrected chi connectivity index (χ2v) is 8.02. The molecule has 132 valence electrons. The molecule has 2 N–H and O–H groups in total. The van der Waals surface area contributed by atoms with Crippen LogP contribution in [0, 0.1) is 17.3 Å². The second-order valence-electron chi connectivity index (χ2n) is 8.02. The molecule has 0 bridgehead atoms. The number of piperidine rings is 1.